The average molecular weight is 266 g/mol. The molecule has 0 spiro atoms. The number of carbonyl (C=O) groups excluding carboxylic acids is 2. The van der Waals surface area contributed by atoms with E-state index in [1.54, 1.807) is 12.4 Å². The molecule has 0 saturated carbocycles. The number of amides is 2. The van der Waals surface area contributed by atoms with Crippen LogP contribution in [0.15, 0.2) is 12.4 Å². The highest BCUT2D eigenvalue weighted by molar-refractivity contribution is 5.86. The van der Waals surface area contributed by atoms with Gasteiger partial charge >= 0.3 is 0 Å². The fraction of sp³-hybridized carbons (Fsp3) is 0.615. The third-order valence-electron chi connectivity index (χ3n) is 2.62. The third-order valence-corrected chi connectivity index (χ3v) is 2.62. The summed E-state index contributed by atoms with van der Waals surface area (Å²) in [4.78, 5) is 30.1. The molecule has 0 aliphatic carbocycles. The van der Waals surface area contributed by atoms with Crippen molar-refractivity contribution >= 4 is 11.8 Å². The van der Waals surface area contributed by atoms with Gasteiger partial charge in [-0.15, -0.1) is 0 Å². The first-order valence-electron chi connectivity index (χ1n) is 6.52. The summed E-state index contributed by atoms with van der Waals surface area (Å²) in [5.41, 5.74) is 0. The summed E-state index contributed by atoms with van der Waals surface area (Å²) in [6.45, 7) is 5.96. The second kappa shape index (κ2) is 7.56. The van der Waals surface area contributed by atoms with Crippen molar-refractivity contribution in [1.82, 2.24) is 20.6 Å². The molecule has 0 aromatic carbocycles. The zero-order valence-electron chi connectivity index (χ0n) is 11.7. The number of rotatable bonds is 7. The van der Waals surface area contributed by atoms with Crippen molar-refractivity contribution in [3.05, 3.63) is 18.2 Å². The Kier molecular flexibility index (Phi) is 6.05. The van der Waals surface area contributed by atoms with E-state index in [4.69, 9.17) is 0 Å². The number of carbonyl (C=O) groups is 2. The van der Waals surface area contributed by atoms with E-state index in [2.05, 4.69) is 20.6 Å². The fourth-order valence-electron chi connectivity index (χ4n) is 1.81. The number of hydrogen-bond acceptors (Lipinski definition) is 3. The van der Waals surface area contributed by atoms with Crippen LogP contribution in [0.1, 0.15) is 33.0 Å². The number of H-pyrrole nitrogens is 1. The van der Waals surface area contributed by atoms with E-state index in [0.717, 1.165) is 5.82 Å². The highest BCUT2D eigenvalue weighted by Crippen LogP contribution is 2.05. The normalized spacial score (nSPS) is 12.2. The minimum Gasteiger partial charge on any atom is -0.354 e. The number of imidazole rings is 1. The fourth-order valence-corrected chi connectivity index (χ4v) is 1.81. The second-order valence-electron chi connectivity index (χ2n) is 4.96. The molecule has 6 nitrogen and oxygen atoms in total. The zero-order chi connectivity index (χ0) is 14.3. The molecule has 0 aliphatic rings. The molecule has 0 fully saturated rings. The van der Waals surface area contributed by atoms with E-state index in [1.165, 1.54) is 6.92 Å². The quantitative estimate of drug-likeness (QED) is 0.676. The molecule has 19 heavy (non-hydrogen) atoms. The number of hydrogen-bond donors (Lipinski definition) is 3. The largest absolute Gasteiger partial charge is 0.354 e. The van der Waals surface area contributed by atoms with E-state index >= 15 is 0 Å². The predicted molar refractivity (Wildman–Crippen MR) is 72.4 cm³/mol. The van der Waals surface area contributed by atoms with Crippen LogP contribution in [0, 0.1) is 5.92 Å². The maximum Gasteiger partial charge on any atom is 0.242 e. The molecule has 0 saturated heterocycles. The van der Waals surface area contributed by atoms with Gasteiger partial charge in [-0.1, -0.05) is 13.8 Å². The van der Waals surface area contributed by atoms with Crippen LogP contribution >= 0.6 is 0 Å². The Hall–Kier alpha value is -1.85. The van der Waals surface area contributed by atoms with Crippen LogP contribution in [-0.2, 0) is 16.0 Å². The lowest BCUT2D eigenvalue weighted by Gasteiger charge is -2.19. The Balaban J connectivity index is 2.40. The third kappa shape index (κ3) is 6.03. The standard InChI is InChI=1S/C13H22N4O2/c1-9(2)8-11(17-10(3)18)13(19)16-5-4-12-14-6-7-15-12/h6-7,9,11H,4-5,8H2,1-3H3,(H,14,15)(H,16,19)(H,17,18)/t11-/m0/s1. The summed E-state index contributed by atoms with van der Waals surface area (Å²) in [5.74, 6) is 0.843. The number of nitrogens with one attached hydrogen (secondary N) is 3. The Morgan fingerprint density at radius 1 is 1.42 bits per heavy atom. The van der Waals surface area contributed by atoms with Gasteiger partial charge in [0.2, 0.25) is 11.8 Å². The molecular formula is C13H22N4O2. The Bertz CT molecular complexity index is 401. The van der Waals surface area contributed by atoms with Gasteiger partial charge in [0.25, 0.3) is 0 Å². The topological polar surface area (TPSA) is 86.9 Å². The van der Waals surface area contributed by atoms with Gasteiger partial charge in [0, 0.05) is 32.3 Å². The molecule has 1 aromatic rings. The first kappa shape index (κ1) is 15.2. The van der Waals surface area contributed by atoms with Crippen LogP contribution in [0.3, 0.4) is 0 Å². The minimum absolute atomic E-state index is 0.143. The van der Waals surface area contributed by atoms with E-state index in [9.17, 15) is 9.59 Å². The Morgan fingerprint density at radius 3 is 2.68 bits per heavy atom. The van der Waals surface area contributed by atoms with Gasteiger partial charge in [0.15, 0.2) is 0 Å². The summed E-state index contributed by atoms with van der Waals surface area (Å²) >= 11 is 0. The van der Waals surface area contributed by atoms with Gasteiger partial charge in [-0.25, -0.2) is 4.98 Å². The average Bonchev–Trinajstić information content (AvgIpc) is 2.79. The molecule has 1 heterocycles. The molecular weight excluding hydrogens is 244 g/mol. The van der Waals surface area contributed by atoms with Gasteiger partial charge in [0.05, 0.1) is 0 Å². The van der Waals surface area contributed by atoms with Crippen molar-refractivity contribution < 1.29 is 9.59 Å². The molecule has 0 unspecified atom stereocenters. The van der Waals surface area contributed by atoms with Gasteiger partial charge in [-0.2, -0.15) is 0 Å². The summed E-state index contributed by atoms with van der Waals surface area (Å²) in [6, 6.07) is -0.464. The van der Waals surface area contributed by atoms with Crippen LogP contribution < -0.4 is 10.6 Å². The monoisotopic (exact) mass is 266 g/mol. The van der Waals surface area contributed by atoms with Gasteiger partial charge in [-0.3, -0.25) is 9.59 Å². The zero-order valence-corrected chi connectivity index (χ0v) is 11.7. The smallest absolute Gasteiger partial charge is 0.242 e. The first-order chi connectivity index (χ1) is 8.99. The maximum absolute atomic E-state index is 12.0. The van der Waals surface area contributed by atoms with Crippen molar-refractivity contribution in [2.24, 2.45) is 5.92 Å². The molecule has 3 N–H and O–H groups in total. The van der Waals surface area contributed by atoms with Crippen molar-refractivity contribution in [1.29, 1.82) is 0 Å². The molecule has 0 bridgehead atoms. The van der Waals surface area contributed by atoms with Crippen molar-refractivity contribution in [2.45, 2.75) is 39.7 Å². The minimum atomic E-state index is -0.464. The summed E-state index contributed by atoms with van der Waals surface area (Å²) in [6.07, 6.45) is 4.70. The molecule has 6 heteroatoms. The van der Waals surface area contributed by atoms with Gasteiger partial charge < -0.3 is 15.6 Å². The van der Waals surface area contributed by atoms with Gasteiger partial charge in [-0.05, 0) is 12.3 Å². The van der Waals surface area contributed by atoms with E-state index in [-0.39, 0.29) is 11.8 Å². The molecule has 106 valence electrons. The SMILES string of the molecule is CC(=O)N[C@@H](CC(C)C)C(=O)NCCc1ncc[nH]1. The molecule has 1 rings (SSSR count). The van der Waals surface area contributed by atoms with Crippen LogP contribution in [0.4, 0.5) is 0 Å². The summed E-state index contributed by atoms with van der Waals surface area (Å²) in [5, 5.41) is 5.50. The summed E-state index contributed by atoms with van der Waals surface area (Å²) < 4.78 is 0. The number of aromatic nitrogens is 2. The lowest BCUT2D eigenvalue weighted by Crippen LogP contribution is -2.47. The van der Waals surface area contributed by atoms with Gasteiger partial charge in [0.1, 0.15) is 11.9 Å². The van der Waals surface area contributed by atoms with Crippen molar-refractivity contribution in [3.8, 4) is 0 Å². The molecule has 0 aliphatic heterocycles. The highest BCUT2D eigenvalue weighted by Gasteiger charge is 2.20. The van der Waals surface area contributed by atoms with Crippen LogP contribution in [0.2, 0.25) is 0 Å². The van der Waals surface area contributed by atoms with Crippen LogP contribution in [-0.4, -0.2) is 34.4 Å². The molecule has 1 atom stereocenters. The highest BCUT2D eigenvalue weighted by atomic mass is 16.2. The lowest BCUT2D eigenvalue weighted by molar-refractivity contribution is -0.128. The lowest BCUT2D eigenvalue weighted by atomic mass is 10.0. The van der Waals surface area contributed by atoms with E-state index in [0.29, 0.717) is 25.3 Å². The Morgan fingerprint density at radius 2 is 2.16 bits per heavy atom. The van der Waals surface area contributed by atoms with Crippen molar-refractivity contribution in [2.75, 3.05) is 6.54 Å². The number of aromatic amines is 1. The van der Waals surface area contributed by atoms with Crippen LogP contribution in [0.5, 0.6) is 0 Å². The molecule has 0 radical (unpaired) electrons. The summed E-state index contributed by atoms with van der Waals surface area (Å²) in [7, 11) is 0. The Labute approximate surface area is 113 Å². The molecule has 2 amide bonds. The predicted octanol–water partition coefficient (Wildman–Crippen LogP) is 0.619. The van der Waals surface area contributed by atoms with E-state index < -0.39 is 6.04 Å². The maximum atomic E-state index is 12.0. The first-order valence-corrected chi connectivity index (χ1v) is 6.52. The van der Waals surface area contributed by atoms with E-state index in [1.807, 2.05) is 13.8 Å². The molecule has 1 aromatic heterocycles. The van der Waals surface area contributed by atoms with Crippen LogP contribution in [0.25, 0.3) is 0 Å². The number of nitrogens with zero attached hydrogens (tertiary/aromatic N) is 1. The van der Waals surface area contributed by atoms with Crippen molar-refractivity contribution in [3.63, 3.8) is 0 Å². The second-order valence-corrected chi connectivity index (χ2v) is 4.96.